The summed E-state index contributed by atoms with van der Waals surface area (Å²) in [4.78, 5) is 10.9. The molecule has 0 amide bonds. The Bertz CT molecular complexity index is 532. The van der Waals surface area contributed by atoms with Gasteiger partial charge in [0, 0.05) is 44.2 Å². The molecule has 1 heterocycles. The van der Waals surface area contributed by atoms with Crippen molar-refractivity contribution in [2.24, 2.45) is 0 Å². The maximum atomic E-state index is 4.50. The molecule has 0 atom stereocenters. The number of benzene rings is 1. The molecule has 0 aliphatic rings. The van der Waals surface area contributed by atoms with Crippen LogP contribution >= 0.6 is 0 Å². The van der Waals surface area contributed by atoms with E-state index >= 15 is 0 Å². The average Bonchev–Trinajstić information content (AvgIpc) is 2.39. The van der Waals surface area contributed by atoms with Crippen LogP contribution in [0.2, 0.25) is 0 Å². The molecule has 4 nitrogen and oxygen atoms in total. The van der Waals surface area contributed by atoms with E-state index in [0.29, 0.717) is 0 Å². The maximum Gasteiger partial charge on any atom is 0.161 e. The molecule has 4 heteroatoms. The lowest BCUT2D eigenvalue weighted by Crippen LogP contribution is -2.08. The molecule has 2 rings (SSSR count). The zero-order valence-corrected chi connectivity index (χ0v) is 11.2. The number of nitrogens with one attached hydrogen (secondary N) is 1. The van der Waals surface area contributed by atoms with Crippen molar-refractivity contribution in [3.05, 3.63) is 36.0 Å². The van der Waals surface area contributed by atoms with Crippen LogP contribution in [0, 0.1) is 6.92 Å². The lowest BCUT2D eigenvalue weighted by atomic mass is 10.2. The van der Waals surface area contributed by atoms with Crippen LogP contribution in [-0.2, 0) is 0 Å². The molecule has 0 radical (unpaired) electrons. The highest BCUT2D eigenvalue weighted by Crippen LogP contribution is 2.21. The van der Waals surface area contributed by atoms with Crippen molar-refractivity contribution in [2.45, 2.75) is 6.92 Å². The summed E-state index contributed by atoms with van der Waals surface area (Å²) < 4.78 is 0. The van der Waals surface area contributed by atoms with Crippen molar-refractivity contribution in [1.82, 2.24) is 9.97 Å². The second kappa shape index (κ2) is 5.04. The Balaban J connectivity index is 2.36. The molecule has 0 unspecified atom stereocenters. The number of hydrogen-bond acceptors (Lipinski definition) is 4. The first kappa shape index (κ1) is 12.4. The fraction of sp³-hybridized carbons (Fsp3) is 0.286. The highest BCUT2D eigenvalue weighted by Gasteiger charge is 2.05. The molecular weight excluding hydrogens is 224 g/mol. The Morgan fingerprint density at radius 3 is 2.33 bits per heavy atom. The molecule has 1 aromatic carbocycles. The van der Waals surface area contributed by atoms with Crippen LogP contribution in [-0.4, -0.2) is 31.1 Å². The van der Waals surface area contributed by atoms with E-state index in [4.69, 9.17) is 0 Å². The van der Waals surface area contributed by atoms with Gasteiger partial charge in [0.05, 0.1) is 0 Å². The maximum absolute atomic E-state index is 4.50. The van der Waals surface area contributed by atoms with Crippen LogP contribution < -0.4 is 10.2 Å². The third-order valence-corrected chi connectivity index (χ3v) is 2.85. The summed E-state index contributed by atoms with van der Waals surface area (Å²) in [5.74, 6) is 1.62. The monoisotopic (exact) mass is 242 g/mol. The minimum Gasteiger partial charge on any atom is -0.378 e. The summed E-state index contributed by atoms with van der Waals surface area (Å²) in [5.41, 5.74) is 3.24. The largest absolute Gasteiger partial charge is 0.378 e. The molecule has 0 saturated heterocycles. The molecule has 94 valence electrons. The first-order valence-electron chi connectivity index (χ1n) is 5.91. The van der Waals surface area contributed by atoms with Crippen molar-refractivity contribution in [3.8, 4) is 11.4 Å². The Hall–Kier alpha value is -2.10. The van der Waals surface area contributed by atoms with Gasteiger partial charge in [-0.05, 0) is 31.2 Å². The number of anilines is 2. The van der Waals surface area contributed by atoms with Crippen molar-refractivity contribution in [3.63, 3.8) is 0 Å². The quantitative estimate of drug-likeness (QED) is 0.898. The summed E-state index contributed by atoms with van der Waals surface area (Å²) >= 11 is 0. The summed E-state index contributed by atoms with van der Waals surface area (Å²) in [5, 5.41) is 3.08. The molecule has 0 saturated carbocycles. The molecule has 18 heavy (non-hydrogen) atoms. The van der Waals surface area contributed by atoms with Gasteiger partial charge in [0.2, 0.25) is 0 Å². The highest BCUT2D eigenvalue weighted by molar-refractivity contribution is 5.62. The molecule has 1 aromatic heterocycles. The molecule has 0 aliphatic heterocycles. The van der Waals surface area contributed by atoms with Gasteiger partial charge in [0.15, 0.2) is 5.82 Å². The van der Waals surface area contributed by atoms with Crippen LogP contribution in [0.15, 0.2) is 30.5 Å². The van der Waals surface area contributed by atoms with E-state index in [-0.39, 0.29) is 0 Å². The number of hydrogen-bond donors (Lipinski definition) is 1. The molecule has 0 fully saturated rings. The predicted molar refractivity (Wildman–Crippen MR) is 76.1 cm³/mol. The van der Waals surface area contributed by atoms with Gasteiger partial charge in [-0.1, -0.05) is 0 Å². The van der Waals surface area contributed by atoms with E-state index in [9.17, 15) is 0 Å². The number of aromatic nitrogens is 2. The number of nitrogens with zero attached hydrogens (tertiary/aromatic N) is 3. The molecule has 0 bridgehead atoms. The molecular formula is C14H18N4. The van der Waals surface area contributed by atoms with Crippen LogP contribution in [0.3, 0.4) is 0 Å². The smallest absolute Gasteiger partial charge is 0.161 e. The minimum absolute atomic E-state index is 0.746. The summed E-state index contributed by atoms with van der Waals surface area (Å²) in [7, 11) is 5.92. The van der Waals surface area contributed by atoms with E-state index in [1.165, 1.54) is 5.69 Å². The van der Waals surface area contributed by atoms with Crippen LogP contribution in [0.4, 0.5) is 11.5 Å². The van der Waals surface area contributed by atoms with E-state index in [0.717, 1.165) is 22.8 Å². The van der Waals surface area contributed by atoms with Crippen LogP contribution in [0.5, 0.6) is 0 Å². The summed E-state index contributed by atoms with van der Waals surface area (Å²) in [6.07, 6.45) is 1.84. The van der Waals surface area contributed by atoms with Crippen molar-refractivity contribution in [1.29, 1.82) is 0 Å². The average molecular weight is 242 g/mol. The second-order valence-corrected chi connectivity index (χ2v) is 4.42. The Kier molecular flexibility index (Phi) is 3.46. The molecule has 0 aliphatic carbocycles. The SMILES string of the molecule is CNc1nc(-c2ccc(N(C)C)cc2)ncc1C. The third kappa shape index (κ3) is 2.42. The van der Waals surface area contributed by atoms with Gasteiger partial charge in [-0.2, -0.15) is 0 Å². The molecule has 2 aromatic rings. The van der Waals surface area contributed by atoms with Crippen molar-refractivity contribution < 1.29 is 0 Å². The standard InChI is InChI=1S/C14H18N4/c1-10-9-16-14(17-13(10)15-2)11-5-7-12(8-6-11)18(3)4/h5-9H,1-4H3,(H,15,16,17). The fourth-order valence-electron chi connectivity index (χ4n) is 1.74. The first-order chi connectivity index (χ1) is 8.61. The minimum atomic E-state index is 0.746. The van der Waals surface area contributed by atoms with Gasteiger partial charge in [0.25, 0.3) is 0 Å². The second-order valence-electron chi connectivity index (χ2n) is 4.42. The number of rotatable bonds is 3. The number of aryl methyl sites for hydroxylation is 1. The summed E-state index contributed by atoms with van der Waals surface area (Å²) in [6, 6.07) is 8.22. The predicted octanol–water partition coefficient (Wildman–Crippen LogP) is 2.56. The van der Waals surface area contributed by atoms with Crippen molar-refractivity contribution >= 4 is 11.5 Å². The first-order valence-corrected chi connectivity index (χ1v) is 5.91. The topological polar surface area (TPSA) is 41.1 Å². The Morgan fingerprint density at radius 2 is 1.78 bits per heavy atom. The molecule has 0 spiro atoms. The zero-order chi connectivity index (χ0) is 13.1. The van der Waals surface area contributed by atoms with Gasteiger partial charge in [-0.15, -0.1) is 0 Å². The Labute approximate surface area is 108 Å². The lowest BCUT2D eigenvalue weighted by Gasteiger charge is -2.12. The summed E-state index contributed by atoms with van der Waals surface area (Å²) in [6.45, 7) is 1.99. The van der Waals surface area contributed by atoms with Gasteiger partial charge in [0.1, 0.15) is 5.82 Å². The molecule has 1 N–H and O–H groups in total. The van der Waals surface area contributed by atoms with Gasteiger partial charge in [-0.25, -0.2) is 9.97 Å². The highest BCUT2D eigenvalue weighted by atomic mass is 15.1. The van der Waals surface area contributed by atoms with Crippen LogP contribution in [0.25, 0.3) is 11.4 Å². The van der Waals surface area contributed by atoms with Gasteiger partial charge < -0.3 is 10.2 Å². The lowest BCUT2D eigenvalue weighted by molar-refractivity contribution is 1.12. The van der Waals surface area contributed by atoms with Gasteiger partial charge in [-0.3, -0.25) is 0 Å². The van der Waals surface area contributed by atoms with Crippen LogP contribution in [0.1, 0.15) is 5.56 Å². The van der Waals surface area contributed by atoms with E-state index in [1.54, 1.807) is 0 Å². The van der Waals surface area contributed by atoms with E-state index < -0.39 is 0 Å². The van der Waals surface area contributed by atoms with Gasteiger partial charge >= 0.3 is 0 Å². The normalized spacial score (nSPS) is 10.2. The van der Waals surface area contributed by atoms with E-state index in [1.807, 2.05) is 46.4 Å². The zero-order valence-electron chi connectivity index (χ0n) is 11.2. The Morgan fingerprint density at radius 1 is 1.11 bits per heavy atom. The fourth-order valence-corrected chi connectivity index (χ4v) is 1.74. The van der Waals surface area contributed by atoms with Crippen molar-refractivity contribution in [2.75, 3.05) is 31.4 Å². The third-order valence-electron chi connectivity index (χ3n) is 2.85. The van der Waals surface area contributed by atoms with E-state index in [2.05, 4.69) is 32.3 Å².